The van der Waals surface area contributed by atoms with Gasteiger partial charge in [0.05, 0.1) is 0 Å². The molecule has 0 bridgehead atoms. The first-order valence-electron chi connectivity index (χ1n) is 4.27. The summed E-state index contributed by atoms with van der Waals surface area (Å²) in [6.45, 7) is 2.77. The lowest BCUT2D eigenvalue weighted by atomic mass is 10.2. The van der Waals surface area contributed by atoms with Crippen molar-refractivity contribution in [1.82, 2.24) is 4.90 Å². The van der Waals surface area contributed by atoms with E-state index in [1.165, 1.54) is 0 Å². The molecular formula is C8H20N4. The van der Waals surface area contributed by atoms with E-state index in [1.807, 2.05) is 21.0 Å². The monoisotopic (exact) mass is 172 g/mol. The van der Waals surface area contributed by atoms with Crippen molar-refractivity contribution in [2.24, 2.45) is 16.5 Å². The zero-order chi connectivity index (χ0) is 9.56. The standard InChI is InChI=1S/C8H20N4/c1-7(9)5-4-6-11-8(10)12(2)3/h7H,4-6,9H2,1-3H3,(H2,10,11)/t7-/m1/s1. The van der Waals surface area contributed by atoms with E-state index in [2.05, 4.69) is 4.99 Å². The first-order chi connectivity index (χ1) is 5.54. The van der Waals surface area contributed by atoms with Crippen LogP contribution in [0.5, 0.6) is 0 Å². The Labute approximate surface area is 74.6 Å². The highest BCUT2D eigenvalue weighted by molar-refractivity contribution is 5.77. The van der Waals surface area contributed by atoms with Crippen LogP contribution in [0.4, 0.5) is 0 Å². The molecule has 0 unspecified atom stereocenters. The Hall–Kier alpha value is -0.770. The number of nitrogens with two attached hydrogens (primary N) is 2. The smallest absolute Gasteiger partial charge is 0.190 e. The van der Waals surface area contributed by atoms with Gasteiger partial charge in [-0.3, -0.25) is 4.99 Å². The van der Waals surface area contributed by atoms with Gasteiger partial charge >= 0.3 is 0 Å². The molecular weight excluding hydrogens is 152 g/mol. The van der Waals surface area contributed by atoms with Gasteiger partial charge in [0, 0.05) is 26.7 Å². The Morgan fingerprint density at radius 2 is 2.08 bits per heavy atom. The van der Waals surface area contributed by atoms with E-state index in [4.69, 9.17) is 11.5 Å². The molecule has 4 heteroatoms. The molecule has 0 aliphatic heterocycles. The average Bonchev–Trinajstić information content (AvgIpc) is 1.97. The molecule has 0 amide bonds. The number of aliphatic imine (C=N–C) groups is 1. The molecule has 0 aromatic carbocycles. The molecule has 0 aromatic rings. The summed E-state index contributed by atoms with van der Waals surface area (Å²) in [5, 5.41) is 0. The van der Waals surface area contributed by atoms with Crippen LogP contribution >= 0.6 is 0 Å². The van der Waals surface area contributed by atoms with Gasteiger partial charge in [-0.15, -0.1) is 0 Å². The van der Waals surface area contributed by atoms with Crippen molar-refractivity contribution >= 4 is 5.96 Å². The molecule has 0 radical (unpaired) electrons. The molecule has 72 valence electrons. The molecule has 0 fully saturated rings. The van der Waals surface area contributed by atoms with Crippen molar-refractivity contribution in [3.8, 4) is 0 Å². The molecule has 0 spiro atoms. The predicted molar refractivity (Wildman–Crippen MR) is 53.1 cm³/mol. The summed E-state index contributed by atoms with van der Waals surface area (Å²) in [7, 11) is 3.76. The summed E-state index contributed by atoms with van der Waals surface area (Å²) in [4.78, 5) is 5.96. The third-order valence-corrected chi connectivity index (χ3v) is 1.55. The maximum atomic E-state index is 5.58. The van der Waals surface area contributed by atoms with Gasteiger partial charge in [-0.1, -0.05) is 0 Å². The molecule has 0 rings (SSSR count). The fraction of sp³-hybridized carbons (Fsp3) is 0.875. The molecule has 0 heterocycles. The fourth-order valence-corrected chi connectivity index (χ4v) is 0.748. The van der Waals surface area contributed by atoms with Gasteiger partial charge < -0.3 is 16.4 Å². The Balaban J connectivity index is 3.47. The van der Waals surface area contributed by atoms with E-state index in [0.29, 0.717) is 5.96 Å². The van der Waals surface area contributed by atoms with E-state index in [0.717, 1.165) is 19.4 Å². The highest BCUT2D eigenvalue weighted by atomic mass is 15.2. The quantitative estimate of drug-likeness (QED) is 0.356. The van der Waals surface area contributed by atoms with Gasteiger partial charge in [-0.25, -0.2) is 0 Å². The van der Waals surface area contributed by atoms with Crippen molar-refractivity contribution in [3.05, 3.63) is 0 Å². The van der Waals surface area contributed by atoms with Crippen molar-refractivity contribution in [1.29, 1.82) is 0 Å². The van der Waals surface area contributed by atoms with Crippen LogP contribution in [0.3, 0.4) is 0 Å². The van der Waals surface area contributed by atoms with Crippen LogP contribution in [0.1, 0.15) is 19.8 Å². The topological polar surface area (TPSA) is 67.6 Å². The maximum Gasteiger partial charge on any atom is 0.190 e. The van der Waals surface area contributed by atoms with E-state index in [9.17, 15) is 0 Å². The van der Waals surface area contributed by atoms with Crippen LogP contribution in [0, 0.1) is 0 Å². The Morgan fingerprint density at radius 1 is 1.50 bits per heavy atom. The van der Waals surface area contributed by atoms with E-state index in [-0.39, 0.29) is 6.04 Å². The number of hydrogen-bond acceptors (Lipinski definition) is 2. The molecule has 0 saturated heterocycles. The SMILES string of the molecule is C[C@@H](N)CCCN=C(N)N(C)C. The normalized spacial score (nSPS) is 14.5. The summed E-state index contributed by atoms with van der Waals surface area (Å²) in [6.07, 6.45) is 2.01. The lowest BCUT2D eigenvalue weighted by Crippen LogP contribution is -2.30. The van der Waals surface area contributed by atoms with E-state index in [1.54, 1.807) is 4.90 Å². The zero-order valence-corrected chi connectivity index (χ0v) is 8.25. The predicted octanol–water partition coefficient (Wildman–Crippen LogP) is -0.00990. The average molecular weight is 172 g/mol. The third-order valence-electron chi connectivity index (χ3n) is 1.55. The van der Waals surface area contributed by atoms with Gasteiger partial charge in [-0.05, 0) is 19.8 Å². The number of nitrogens with zero attached hydrogens (tertiary/aromatic N) is 2. The maximum absolute atomic E-state index is 5.58. The van der Waals surface area contributed by atoms with Crippen LogP contribution in [-0.2, 0) is 0 Å². The molecule has 0 aliphatic carbocycles. The van der Waals surface area contributed by atoms with Gasteiger partial charge in [0.1, 0.15) is 0 Å². The Bertz CT molecular complexity index is 140. The first kappa shape index (κ1) is 11.2. The molecule has 0 saturated carbocycles. The van der Waals surface area contributed by atoms with Gasteiger partial charge in [0.2, 0.25) is 0 Å². The van der Waals surface area contributed by atoms with Crippen molar-refractivity contribution in [2.45, 2.75) is 25.8 Å². The molecule has 12 heavy (non-hydrogen) atoms. The molecule has 0 aromatic heterocycles. The molecule has 4 N–H and O–H groups in total. The minimum absolute atomic E-state index is 0.265. The second-order valence-corrected chi connectivity index (χ2v) is 3.25. The van der Waals surface area contributed by atoms with Gasteiger partial charge in [0.25, 0.3) is 0 Å². The summed E-state index contributed by atoms with van der Waals surface area (Å²) >= 11 is 0. The van der Waals surface area contributed by atoms with Crippen LogP contribution in [0.25, 0.3) is 0 Å². The third kappa shape index (κ3) is 5.97. The van der Waals surface area contributed by atoms with Crippen molar-refractivity contribution in [3.63, 3.8) is 0 Å². The second kappa shape index (κ2) is 5.83. The van der Waals surface area contributed by atoms with E-state index < -0.39 is 0 Å². The summed E-state index contributed by atoms with van der Waals surface area (Å²) < 4.78 is 0. The fourth-order valence-electron chi connectivity index (χ4n) is 0.748. The van der Waals surface area contributed by atoms with Crippen LogP contribution < -0.4 is 11.5 Å². The molecule has 1 atom stereocenters. The van der Waals surface area contributed by atoms with Crippen LogP contribution in [0.15, 0.2) is 4.99 Å². The van der Waals surface area contributed by atoms with Crippen molar-refractivity contribution < 1.29 is 0 Å². The van der Waals surface area contributed by atoms with E-state index >= 15 is 0 Å². The minimum atomic E-state index is 0.265. The number of rotatable bonds is 4. The Kier molecular flexibility index (Phi) is 5.45. The molecule has 0 aliphatic rings. The lowest BCUT2D eigenvalue weighted by Gasteiger charge is -2.10. The minimum Gasteiger partial charge on any atom is -0.370 e. The number of guanidine groups is 1. The van der Waals surface area contributed by atoms with Crippen LogP contribution in [0.2, 0.25) is 0 Å². The summed E-state index contributed by atoms with van der Waals surface area (Å²) in [5.41, 5.74) is 11.2. The van der Waals surface area contributed by atoms with Crippen LogP contribution in [-0.4, -0.2) is 37.5 Å². The zero-order valence-electron chi connectivity index (χ0n) is 8.25. The first-order valence-corrected chi connectivity index (χ1v) is 4.27. The molecule has 4 nitrogen and oxygen atoms in total. The Morgan fingerprint density at radius 3 is 2.50 bits per heavy atom. The van der Waals surface area contributed by atoms with Gasteiger partial charge in [0.15, 0.2) is 5.96 Å². The second-order valence-electron chi connectivity index (χ2n) is 3.25. The lowest BCUT2D eigenvalue weighted by molar-refractivity contribution is 0.596. The highest BCUT2D eigenvalue weighted by Gasteiger charge is 1.94. The van der Waals surface area contributed by atoms with Gasteiger partial charge in [-0.2, -0.15) is 0 Å². The highest BCUT2D eigenvalue weighted by Crippen LogP contribution is 1.93. The summed E-state index contributed by atoms with van der Waals surface area (Å²) in [6, 6.07) is 0.265. The summed E-state index contributed by atoms with van der Waals surface area (Å²) in [5.74, 6) is 0.583. The number of hydrogen-bond donors (Lipinski definition) is 2. The largest absolute Gasteiger partial charge is 0.370 e. The van der Waals surface area contributed by atoms with Crippen molar-refractivity contribution in [2.75, 3.05) is 20.6 Å².